The van der Waals surface area contributed by atoms with Gasteiger partial charge in [0.2, 0.25) is 0 Å². The van der Waals surface area contributed by atoms with Gasteiger partial charge in [0, 0.05) is 42.4 Å². The normalized spacial score (nSPS) is 26.4. The number of carbonyl (C=O) groups is 4. The molecule has 7 heteroatoms. The predicted molar refractivity (Wildman–Crippen MR) is 204 cm³/mol. The van der Waals surface area contributed by atoms with Crippen molar-refractivity contribution >= 4 is 39.7 Å². The van der Waals surface area contributed by atoms with Gasteiger partial charge in [0.15, 0.2) is 0 Å². The van der Waals surface area contributed by atoms with Crippen LogP contribution in [0.1, 0.15) is 104 Å². The van der Waals surface area contributed by atoms with Gasteiger partial charge in [-0.2, -0.15) is 0 Å². The molecule has 278 valence electrons. The highest BCUT2D eigenvalue weighted by Crippen LogP contribution is 2.58. The molecule has 0 amide bonds. The van der Waals surface area contributed by atoms with Gasteiger partial charge >= 0.3 is 5.97 Å². The van der Waals surface area contributed by atoms with Crippen molar-refractivity contribution in [2.24, 2.45) is 40.4 Å². The van der Waals surface area contributed by atoms with E-state index >= 15 is 0 Å². The van der Waals surface area contributed by atoms with Crippen molar-refractivity contribution in [3.05, 3.63) is 66.3 Å². The number of methoxy groups -OCH3 is 2. The van der Waals surface area contributed by atoms with Crippen molar-refractivity contribution in [2.45, 2.75) is 104 Å². The minimum absolute atomic E-state index is 0.00360. The quantitative estimate of drug-likeness (QED) is 0.134. The van der Waals surface area contributed by atoms with Gasteiger partial charge in [-0.1, -0.05) is 70.3 Å². The summed E-state index contributed by atoms with van der Waals surface area (Å²) in [6.45, 7) is 12.1. The zero-order chi connectivity index (χ0) is 37.4. The minimum atomic E-state index is -0.939. The fourth-order valence-corrected chi connectivity index (χ4v) is 9.23. The molecule has 4 aliphatic rings. The summed E-state index contributed by atoms with van der Waals surface area (Å²) >= 11 is 0. The van der Waals surface area contributed by atoms with E-state index in [1.54, 1.807) is 13.2 Å². The Labute approximate surface area is 309 Å². The summed E-state index contributed by atoms with van der Waals surface area (Å²) in [6.07, 6.45) is 13.0. The molecule has 0 aliphatic heterocycles. The maximum Gasteiger partial charge on any atom is 0.312 e. The second-order valence-corrected chi connectivity index (χ2v) is 17.1. The van der Waals surface area contributed by atoms with E-state index in [1.807, 2.05) is 39.0 Å². The molecule has 3 saturated carbocycles. The molecule has 2 aromatic rings. The lowest BCUT2D eigenvalue weighted by atomic mass is 9.69. The lowest BCUT2D eigenvalue weighted by Crippen LogP contribution is -2.38. The van der Waals surface area contributed by atoms with Gasteiger partial charge in [-0.15, -0.1) is 6.58 Å². The molecular weight excluding hydrogens is 652 g/mol. The van der Waals surface area contributed by atoms with Gasteiger partial charge in [0.1, 0.15) is 35.0 Å². The Morgan fingerprint density at radius 2 is 1.75 bits per heavy atom. The van der Waals surface area contributed by atoms with Crippen LogP contribution in [0.2, 0.25) is 0 Å². The van der Waals surface area contributed by atoms with E-state index in [0.717, 1.165) is 59.8 Å². The van der Waals surface area contributed by atoms with Crippen LogP contribution in [0.25, 0.3) is 16.3 Å². The number of ketones is 3. The molecule has 0 saturated heterocycles. The smallest absolute Gasteiger partial charge is 0.312 e. The maximum atomic E-state index is 14.8. The number of Topliss-reactive ketones (excluding diaryl/α,β-unsaturated/α-hetero) is 3. The van der Waals surface area contributed by atoms with Crippen LogP contribution in [0.5, 0.6) is 11.5 Å². The molecular formula is C45H56O7. The summed E-state index contributed by atoms with van der Waals surface area (Å²) in [7, 11) is 3.00. The first-order valence-electron chi connectivity index (χ1n) is 19.2. The molecule has 4 aliphatic carbocycles. The summed E-state index contributed by atoms with van der Waals surface area (Å²) < 4.78 is 17.6. The average molecular weight is 709 g/mol. The van der Waals surface area contributed by atoms with Gasteiger partial charge in [-0.25, -0.2) is 0 Å². The molecule has 0 bridgehead atoms. The van der Waals surface area contributed by atoms with Crippen molar-refractivity contribution in [1.82, 2.24) is 0 Å². The van der Waals surface area contributed by atoms with E-state index in [0.29, 0.717) is 37.4 Å². The molecule has 0 spiro atoms. The van der Waals surface area contributed by atoms with E-state index in [9.17, 15) is 19.2 Å². The minimum Gasteiger partial charge on any atom is -0.497 e. The third-order valence-electron chi connectivity index (χ3n) is 12.4. The predicted octanol–water partition coefficient (Wildman–Crippen LogP) is 9.45. The van der Waals surface area contributed by atoms with E-state index in [4.69, 9.17) is 14.2 Å². The van der Waals surface area contributed by atoms with Gasteiger partial charge in [-0.05, 0) is 96.7 Å². The topological polar surface area (TPSA) is 96.0 Å². The number of carbonyl (C=O) groups excluding carboxylic acids is 4. The average Bonchev–Trinajstić information content (AvgIpc) is 3.52. The van der Waals surface area contributed by atoms with Crippen LogP contribution in [0.4, 0.5) is 0 Å². The Morgan fingerprint density at radius 3 is 2.37 bits per heavy atom. The number of esters is 1. The highest BCUT2D eigenvalue weighted by Gasteiger charge is 2.61. The van der Waals surface area contributed by atoms with Gasteiger partial charge in [0.05, 0.1) is 19.6 Å². The van der Waals surface area contributed by atoms with Crippen molar-refractivity contribution in [3.8, 4) is 11.5 Å². The van der Waals surface area contributed by atoms with E-state index in [-0.39, 0.29) is 36.1 Å². The lowest BCUT2D eigenvalue weighted by Gasteiger charge is -2.33. The van der Waals surface area contributed by atoms with Crippen molar-refractivity contribution in [1.29, 1.82) is 0 Å². The number of ether oxygens (including phenoxy) is 3. The lowest BCUT2D eigenvalue weighted by molar-refractivity contribution is -0.150. The van der Waals surface area contributed by atoms with Crippen molar-refractivity contribution in [2.75, 3.05) is 14.2 Å². The van der Waals surface area contributed by atoms with Gasteiger partial charge < -0.3 is 14.2 Å². The first-order chi connectivity index (χ1) is 24.8. The third kappa shape index (κ3) is 7.84. The van der Waals surface area contributed by atoms with E-state index in [1.165, 1.54) is 12.7 Å². The molecule has 7 nitrogen and oxygen atoms in total. The second kappa shape index (κ2) is 15.2. The molecule has 0 N–H and O–H groups in total. The monoisotopic (exact) mass is 708 g/mol. The number of allylic oxidation sites excluding steroid dienone is 5. The van der Waals surface area contributed by atoms with Crippen LogP contribution in [0, 0.1) is 40.4 Å². The van der Waals surface area contributed by atoms with E-state index in [2.05, 4.69) is 37.8 Å². The molecule has 6 atom stereocenters. The number of fused-ring (bicyclic) bond motifs is 1. The Balaban J connectivity index is 1.32. The first kappa shape index (κ1) is 37.7. The molecule has 0 heterocycles. The summed E-state index contributed by atoms with van der Waals surface area (Å²) in [5.41, 5.74) is 2.03. The molecule has 6 unspecified atom stereocenters. The van der Waals surface area contributed by atoms with E-state index < -0.39 is 40.7 Å². The Kier molecular flexibility index (Phi) is 11.0. The number of benzene rings is 2. The van der Waals surface area contributed by atoms with Gasteiger partial charge in [0.25, 0.3) is 0 Å². The Bertz CT molecular complexity index is 1800. The Morgan fingerprint density at radius 1 is 1.02 bits per heavy atom. The zero-order valence-corrected chi connectivity index (χ0v) is 31.9. The summed E-state index contributed by atoms with van der Waals surface area (Å²) in [6, 6.07) is 10.1. The zero-order valence-electron chi connectivity index (χ0n) is 31.9. The SMILES string of the molecule is C=CC1CC1(CC(=O)C1CC(Oc2cc(C3=CCC(C)=C3)cc3cc(OC)ccc23)CC1C(=O)C(CC(=O)CC1CCCC1)C(C)(C)C)C(=O)OC. The number of hydrogen-bond acceptors (Lipinski definition) is 7. The summed E-state index contributed by atoms with van der Waals surface area (Å²) in [4.78, 5) is 55.7. The van der Waals surface area contributed by atoms with Crippen molar-refractivity contribution < 1.29 is 33.4 Å². The van der Waals surface area contributed by atoms with Crippen LogP contribution >= 0.6 is 0 Å². The molecule has 3 fully saturated rings. The summed E-state index contributed by atoms with van der Waals surface area (Å²) in [5.74, 6) is -0.546. The molecule has 6 rings (SSSR count). The molecule has 52 heavy (non-hydrogen) atoms. The second-order valence-electron chi connectivity index (χ2n) is 17.1. The largest absolute Gasteiger partial charge is 0.497 e. The van der Waals surface area contributed by atoms with Crippen LogP contribution in [-0.4, -0.2) is 43.6 Å². The van der Waals surface area contributed by atoms with Crippen LogP contribution in [-0.2, 0) is 23.9 Å². The number of hydrogen-bond donors (Lipinski definition) is 0. The third-order valence-corrected chi connectivity index (χ3v) is 12.4. The summed E-state index contributed by atoms with van der Waals surface area (Å²) in [5, 5.41) is 1.89. The molecule has 2 aromatic carbocycles. The molecule has 0 aromatic heterocycles. The first-order valence-corrected chi connectivity index (χ1v) is 19.2. The van der Waals surface area contributed by atoms with Gasteiger partial charge in [-0.3, -0.25) is 19.2 Å². The standard InChI is InChI=1S/C45H56O7/c1-8-32-25-45(32,43(49)51-7)26-40(47)37-23-35(24-38(37)42(48)39(44(3,4)5)22-33(46)18-28-11-9-10-12-28)52-41-21-30(29-14-13-27(2)17-29)19-31-20-34(50-6)15-16-36(31)41/h8,14-17,19-21,28,32,35,37-39H,1,9-13,18,22-26H2,2-7H3. The fourth-order valence-electron chi connectivity index (χ4n) is 9.23. The van der Waals surface area contributed by atoms with Crippen LogP contribution < -0.4 is 9.47 Å². The van der Waals surface area contributed by atoms with Crippen LogP contribution in [0.3, 0.4) is 0 Å². The van der Waals surface area contributed by atoms with Crippen LogP contribution in [0.15, 0.2) is 60.7 Å². The molecule has 0 radical (unpaired) electrons. The maximum absolute atomic E-state index is 14.8. The Hall–Kier alpha value is -4.00. The number of rotatable bonds is 15. The highest BCUT2D eigenvalue weighted by atomic mass is 16.5. The highest BCUT2D eigenvalue weighted by molar-refractivity contribution is 5.97. The fraction of sp³-hybridized carbons (Fsp3) is 0.556. The van der Waals surface area contributed by atoms with Crippen molar-refractivity contribution in [3.63, 3.8) is 0 Å².